The van der Waals surface area contributed by atoms with Gasteiger partial charge in [-0.15, -0.1) is 0 Å². The Morgan fingerprint density at radius 1 is 1.11 bits per heavy atom. The number of nitrogens with zero attached hydrogens (tertiary/aromatic N) is 2. The van der Waals surface area contributed by atoms with E-state index in [1.165, 1.54) is 6.08 Å². The summed E-state index contributed by atoms with van der Waals surface area (Å²) in [4.78, 5) is 26.8. The number of rotatable bonds is 5. The van der Waals surface area contributed by atoms with Crippen LogP contribution in [0.3, 0.4) is 0 Å². The first kappa shape index (κ1) is 15.0. The van der Waals surface area contributed by atoms with Crippen LogP contribution >= 0.6 is 0 Å². The highest BCUT2D eigenvalue weighted by molar-refractivity contribution is 6.04. The topological polar surface area (TPSA) is 40.6 Å². The minimum absolute atomic E-state index is 0.0478. The van der Waals surface area contributed by atoms with Crippen LogP contribution in [0.2, 0.25) is 0 Å². The third kappa shape index (κ3) is 4.25. The zero-order chi connectivity index (χ0) is 14.4. The largest absolute Gasteiger partial charge is 0.383 e. The van der Waals surface area contributed by atoms with Gasteiger partial charge in [-0.2, -0.15) is 0 Å². The van der Waals surface area contributed by atoms with Gasteiger partial charge in [-0.1, -0.05) is 6.92 Å². The average molecular weight is 260 g/mol. The van der Waals surface area contributed by atoms with Crippen molar-refractivity contribution in [3.05, 3.63) is 42.1 Å². The van der Waals surface area contributed by atoms with Crippen molar-refractivity contribution >= 4 is 17.4 Å². The molecule has 1 aromatic rings. The molecule has 0 aromatic heterocycles. The van der Waals surface area contributed by atoms with Gasteiger partial charge in [0.25, 0.3) is 0 Å². The maximum atomic E-state index is 11.8. The van der Waals surface area contributed by atoms with Crippen LogP contribution in [0, 0.1) is 0 Å². The molecule has 0 aliphatic heterocycles. The summed E-state index contributed by atoms with van der Waals surface area (Å²) in [5.74, 6) is -0.00342. The van der Waals surface area contributed by atoms with E-state index >= 15 is 0 Å². The Bertz CT molecular complexity index is 475. The minimum Gasteiger partial charge on any atom is -0.383 e. The second-order valence-corrected chi connectivity index (χ2v) is 4.50. The monoisotopic (exact) mass is 260 g/mol. The Hall–Kier alpha value is -2.10. The van der Waals surface area contributed by atoms with E-state index in [9.17, 15) is 9.59 Å². The lowest BCUT2D eigenvalue weighted by molar-refractivity contribution is -0.118. The molecule has 1 rings (SSSR count). The molecule has 0 N–H and O–H groups in total. The maximum absolute atomic E-state index is 11.8. The van der Waals surface area contributed by atoms with Gasteiger partial charge in [0.1, 0.15) is 0 Å². The van der Waals surface area contributed by atoms with Crippen molar-refractivity contribution in [2.24, 2.45) is 0 Å². The zero-order valence-corrected chi connectivity index (χ0v) is 11.9. The van der Waals surface area contributed by atoms with Gasteiger partial charge in [-0.3, -0.25) is 9.59 Å². The van der Waals surface area contributed by atoms with Gasteiger partial charge < -0.3 is 9.80 Å². The number of hydrogen-bond donors (Lipinski definition) is 0. The number of allylic oxidation sites excluding steroid dienone is 1. The molecule has 0 spiro atoms. The van der Waals surface area contributed by atoms with Gasteiger partial charge in [-0.05, 0) is 24.3 Å². The predicted octanol–water partition coefficient (Wildman–Crippen LogP) is 2.32. The Kier molecular flexibility index (Phi) is 5.30. The van der Waals surface area contributed by atoms with Crippen LogP contribution in [-0.2, 0) is 4.79 Å². The summed E-state index contributed by atoms with van der Waals surface area (Å²) in [6.07, 6.45) is 3.70. The number of ketones is 1. The molecule has 0 heterocycles. The van der Waals surface area contributed by atoms with Gasteiger partial charge in [0, 0.05) is 51.1 Å². The SMILES string of the molecule is CCC(=O)N(C)c1ccc(C(=O)C=CN(C)C)cc1. The predicted molar refractivity (Wildman–Crippen MR) is 77.3 cm³/mol. The molecule has 0 saturated heterocycles. The summed E-state index contributed by atoms with van der Waals surface area (Å²) in [5.41, 5.74) is 1.40. The summed E-state index contributed by atoms with van der Waals surface area (Å²) in [6, 6.07) is 7.03. The van der Waals surface area contributed by atoms with Crippen LogP contribution in [0.4, 0.5) is 5.69 Å². The van der Waals surface area contributed by atoms with Crippen molar-refractivity contribution in [3.8, 4) is 0 Å². The van der Waals surface area contributed by atoms with Crippen molar-refractivity contribution in [3.63, 3.8) is 0 Å². The van der Waals surface area contributed by atoms with E-state index in [0.717, 1.165) is 5.69 Å². The molecule has 0 bridgehead atoms. The fourth-order valence-corrected chi connectivity index (χ4v) is 1.54. The summed E-state index contributed by atoms with van der Waals surface area (Å²) in [5, 5.41) is 0. The fraction of sp³-hybridized carbons (Fsp3) is 0.333. The van der Waals surface area contributed by atoms with E-state index in [-0.39, 0.29) is 11.7 Å². The van der Waals surface area contributed by atoms with Crippen LogP contribution in [-0.4, -0.2) is 37.7 Å². The molecule has 19 heavy (non-hydrogen) atoms. The smallest absolute Gasteiger partial charge is 0.226 e. The number of carbonyl (C=O) groups is 2. The van der Waals surface area contributed by atoms with E-state index in [1.807, 2.05) is 21.0 Å². The van der Waals surface area contributed by atoms with Crippen molar-refractivity contribution < 1.29 is 9.59 Å². The molecule has 0 fully saturated rings. The lowest BCUT2D eigenvalue weighted by Crippen LogP contribution is -2.24. The first-order valence-corrected chi connectivity index (χ1v) is 6.21. The summed E-state index contributed by atoms with van der Waals surface area (Å²) >= 11 is 0. The Balaban J connectivity index is 2.82. The third-order valence-electron chi connectivity index (χ3n) is 2.74. The minimum atomic E-state index is -0.0512. The Labute approximate surface area is 114 Å². The van der Waals surface area contributed by atoms with Crippen molar-refractivity contribution in [1.29, 1.82) is 0 Å². The van der Waals surface area contributed by atoms with Crippen LogP contribution in [0.5, 0.6) is 0 Å². The second-order valence-electron chi connectivity index (χ2n) is 4.50. The van der Waals surface area contributed by atoms with Gasteiger partial charge in [0.15, 0.2) is 5.78 Å². The highest BCUT2D eigenvalue weighted by atomic mass is 16.2. The van der Waals surface area contributed by atoms with Crippen LogP contribution < -0.4 is 4.90 Å². The number of anilines is 1. The quantitative estimate of drug-likeness (QED) is 0.602. The lowest BCUT2D eigenvalue weighted by Gasteiger charge is -2.16. The molecule has 0 aliphatic carbocycles. The molecule has 102 valence electrons. The van der Waals surface area contributed by atoms with E-state index in [1.54, 1.807) is 47.3 Å². The Morgan fingerprint density at radius 3 is 2.16 bits per heavy atom. The van der Waals surface area contributed by atoms with E-state index in [0.29, 0.717) is 12.0 Å². The van der Waals surface area contributed by atoms with Crippen LogP contribution in [0.25, 0.3) is 0 Å². The highest BCUT2D eigenvalue weighted by Gasteiger charge is 2.09. The van der Waals surface area contributed by atoms with Crippen LogP contribution in [0.15, 0.2) is 36.5 Å². The van der Waals surface area contributed by atoms with E-state index in [2.05, 4.69) is 0 Å². The molecule has 4 nitrogen and oxygen atoms in total. The first-order chi connectivity index (χ1) is 8.95. The third-order valence-corrected chi connectivity index (χ3v) is 2.74. The molecule has 4 heteroatoms. The Morgan fingerprint density at radius 2 is 1.68 bits per heavy atom. The van der Waals surface area contributed by atoms with Crippen molar-refractivity contribution in [2.45, 2.75) is 13.3 Å². The maximum Gasteiger partial charge on any atom is 0.226 e. The van der Waals surface area contributed by atoms with Gasteiger partial charge in [0.05, 0.1) is 0 Å². The second kappa shape index (κ2) is 6.73. The van der Waals surface area contributed by atoms with E-state index in [4.69, 9.17) is 0 Å². The van der Waals surface area contributed by atoms with Crippen LogP contribution in [0.1, 0.15) is 23.7 Å². The fourth-order valence-electron chi connectivity index (χ4n) is 1.54. The highest BCUT2D eigenvalue weighted by Crippen LogP contribution is 2.15. The molecule has 0 saturated carbocycles. The van der Waals surface area contributed by atoms with Gasteiger partial charge >= 0.3 is 0 Å². The zero-order valence-electron chi connectivity index (χ0n) is 11.9. The molecule has 0 aliphatic rings. The number of hydrogen-bond acceptors (Lipinski definition) is 3. The first-order valence-electron chi connectivity index (χ1n) is 6.21. The molecular formula is C15H20N2O2. The molecule has 0 unspecified atom stereocenters. The molecule has 0 atom stereocenters. The molecule has 1 amide bonds. The average Bonchev–Trinajstić information content (AvgIpc) is 2.43. The standard InChI is InChI=1S/C15H20N2O2/c1-5-15(19)17(4)13-8-6-12(7-9-13)14(18)10-11-16(2)3/h6-11H,5H2,1-4H3. The normalized spacial score (nSPS) is 10.5. The summed E-state index contributed by atoms with van der Waals surface area (Å²) in [6.45, 7) is 1.82. The lowest BCUT2D eigenvalue weighted by atomic mass is 10.1. The number of benzene rings is 1. The summed E-state index contributed by atoms with van der Waals surface area (Å²) in [7, 11) is 5.45. The van der Waals surface area contributed by atoms with Gasteiger partial charge in [0.2, 0.25) is 5.91 Å². The summed E-state index contributed by atoms with van der Waals surface area (Å²) < 4.78 is 0. The van der Waals surface area contributed by atoms with Crippen molar-refractivity contribution in [1.82, 2.24) is 4.90 Å². The number of amides is 1. The molecule has 1 aromatic carbocycles. The molecular weight excluding hydrogens is 240 g/mol. The van der Waals surface area contributed by atoms with E-state index < -0.39 is 0 Å². The molecule has 0 radical (unpaired) electrons. The van der Waals surface area contributed by atoms with Gasteiger partial charge in [-0.25, -0.2) is 0 Å². The van der Waals surface area contributed by atoms with Crippen molar-refractivity contribution in [2.75, 3.05) is 26.0 Å². The number of carbonyl (C=O) groups excluding carboxylic acids is 2.